The third-order valence-corrected chi connectivity index (χ3v) is 3.75. The number of carboxylic acids is 1. The predicted octanol–water partition coefficient (Wildman–Crippen LogP) is 2.23. The molecule has 4 rings (SSSR count). The van der Waals surface area contributed by atoms with Gasteiger partial charge in [-0.3, -0.25) is 4.57 Å². The van der Waals surface area contributed by atoms with Crippen LogP contribution in [-0.4, -0.2) is 32.0 Å². The Morgan fingerprint density at radius 2 is 2.19 bits per heavy atom. The maximum atomic E-state index is 11.6. The lowest BCUT2D eigenvalue weighted by molar-refractivity contribution is 0.0688. The number of aromatic carboxylic acids is 1. The third kappa shape index (κ3) is 1.59. The molecule has 106 valence electrons. The number of hydrogen-bond donors (Lipinski definition) is 1. The molecule has 1 aliphatic heterocycles. The molecule has 3 heterocycles. The number of hydrogen-bond acceptors (Lipinski definition) is 3. The first-order valence-corrected chi connectivity index (χ1v) is 6.71. The lowest BCUT2D eigenvalue weighted by atomic mass is 10.2. The number of carbonyl (C=O) groups is 1. The molecule has 0 aliphatic carbocycles. The van der Waals surface area contributed by atoms with Crippen molar-refractivity contribution in [2.75, 3.05) is 6.61 Å². The Hall–Kier alpha value is -2.76. The molecule has 2 aromatic heterocycles. The average molecular weight is 283 g/mol. The number of nitrogens with zero attached hydrogens (tertiary/aromatic N) is 3. The van der Waals surface area contributed by atoms with Gasteiger partial charge in [0.2, 0.25) is 5.88 Å². The van der Waals surface area contributed by atoms with Crippen LogP contribution in [-0.2, 0) is 6.54 Å². The van der Waals surface area contributed by atoms with Gasteiger partial charge >= 0.3 is 5.97 Å². The Labute approximate surface area is 120 Å². The van der Waals surface area contributed by atoms with Gasteiger partial charge in [0.05, 0.1) is 17.8 Å². The summed E-state index contributed by atoms with van der Waals surface area (Å²) in [4.78, 5) is 11.6. The van der Waals surface area contributed by atoms with Crippen molar-refractivity contribution in [1.82, 2.24) is 14.3 Å². The zero-order valence-electron chi connectivity index (χ0n) is 11.4. The molecule has 0 bridgehead atoms. The number of rotatable bonds is 2. The monoisotopic (exact) mass is 283 g/mol. The Balaban J connectivity index is 2.11. The number of benzene rings is 1. The minimum absolute atomic E-state index is 0.214. The molecule has 0 spiro atoms. The topological polar surface area (TPSA) is 69.3 Å². The molecule has 6 nitrogen and oxygen atoms in total. The lowest BCUT2D eigenvalue weighted by Gasteiger charge is -2.09. The summed E-state index contributed by atoms with van der Waals surface area (Å²) in [7, 11) is 0. The molecule has 0 unspecified atom stereocenters. The van der Waals surface area contributed by atoms with Crippen LogP contribution in [0, 0.1) is 6.92 Å². The summed E-state index contributed by atoms with van der Waals surface area (Å²) < 4.78 is 9.15. The van der Waals surface area contributed by atoms with E-state index in [9.17, 15) is 9.90 Å². The molecular formula is C15H13N3O3. The zero-order valence-corrected chi connectivity index (χ0v) is 11.4. The highest BCUT2D eigenvalue weighted by molar-refractivity contribution is 5.96. The van der Waals surface area contributed by atoms with Crippen LogP contribution in [0.1, 0.15) is 16.2 Å². The Morgan fingerprint density at radius 1 is 1.38 bits per heavy atom. The average Bonchev–Trinajstić information content (AvgIpc) is 3.11. The van der Waals surface area contributed by atoms with Crippen molar-refractivity contribution < 1.29 is 14.6 Å². The van der Waals surface area contributed by atoms with E-state index in [-0.39, 0.29) is 5.69 Å². The smallest absolute Gasteiger partial charge is 0.352 e. The van der Waals surface area contributed by atoms with Crippen molar-refractivity contribution in [1.29, 1.82) is 0 Å². The van der Waals surface area contributed by atoms with E-state index in [0.717, 1.165) is 16.6 Å². The summed E-state index contributed by atoms with van der Waals surface area (Å²) in [6, 6.07) is 9.27. The zero-order chi connectivity index (χ0) is 14.6. The van der Waals surface area contributed by atoms with Crippen molar-refractivity contribution in [3.63, 3.8) is 0 Å². The van der Waals surface area contributed by atoms with Crippen LogP contribution in [0.5, 0.6) is 5.88 Å². The van der Waals surface area contributed by atoms with E-state index in [1.54, 1.807) is 15.3 Å². The van der Waals surface area contributed by atoms with E-state index in [0.29, 0.717) is 24.7 Å². The van der Waals surface area contributed by atoms with Crippen molar-refractivity contribution in [2.24, 2.45) is 0 Å². The van der Waals surface area contributed by atoms with Crippen LogP contribution < -0.4 is 4.74 Å². The van der Waals surface area contributed by atoms with Crippen LogP contribution in [0.15, 0.2) is 30.3 Å². The highest BCUT2D eigenvalue weighted by Crippen LogP contribution is 2.34. The largest absolute Gasteiger partial charge is 0.477 e. The number of aromatic nitrogens is 3. The molecular weight excluding hydrogens is 270 g/mol. The van der Waals surface area contributed by atoms with Crippen LogP contribution >= 0.6 is 0 Å². The van der Waals surface area contributed by atoms with Gasteiger partial charge < -0.3 is 9.84 Å². The number of carboxylic acid groups (broad SMARTS) is 1. The van der Waals surface area contributed by atoms with Gasteiger partial charge in [-0.15, -0.1) is 0 Å². The maximum absolute atomic E-state index is 11.6. The summed E-state index contributed by atoms with van der Waals surface area (Å²) in [5, 5.41) is 14.8. The van der Waals surface area contributed by atoms with Gasteiger partial charge in [0.25, 0.3) is 0 Å². The van der Waals surface area contributed by atoms with Crippen molar-refractivity contribution in [2.45, 2.75) is 13.5 Å². The number of ether oxygens (including phenoxy) is 1. The van der Waals surface area contributed by atoms with Gasteiger partial charge in [-0.05, 0) is 19.1 Å². The van der Waals surface area contributed by atoms with Gasteiger partial charge in [0.15, 0.2) is 0 Å². The standard InChI is InChI=1S/C15H13N3O3/c1-9-13(14-17(16-9)6-7-21-14)18-11-5-3-2-4-10(11)8-12(18)15(19)20/h2-5,8H,6-7H2,1H3,(H,19,20). The van der Waals surface area contributed by atoms with Gasteiger partial charge in [-0.1, -0.05) is 18.2 Å². The normalized spacial score (nSPS) is 13.4. The fraction of sp³-hybridized carbons (Fsp3) is 0.200. The van der Waals surface area contributed by atoms with E-state index in [1.165, 1.54) is 0 Å². The molecule has 1 aliphatic rings. The molecule has 0 atom stereocenters. The Kier molecular flexibility index (Phi) is 2.35. The summed E-state index contributed by atoms with van der Waals surface area (Å²) in [6.07, 6.45) is 0. The molecule has 21 heavy (non-hydrogen) atoms. The van der Waals surface area contributed by atoms with E-state index in [1.807, 2.05) is 31.2 Å². The van der Waals surface area contributed by atoms with Crippen LogP contribution in [0.4, 0.5) is 0 Å². The van der Waals surface area contributed by atoms with Crippen LogP contribution in [0.25, 0.3) is 16.6 Å². The molecule has 1 aromatic carbocycles. The van der Waals surface area contributed by atoms with Crippen LogP contribution in [0.2, 0.25) is 0 Å². The molecule has 0 radical (unpaired) electrons. The second-order valence-corrected chi connectivity index (χ2v) is 5.04. The number of aryl methyl sites for hydroxylation is 1. The second-order valence-electron chi connectivity index (χ2n) is 5.04. The quantitative estimate of drug-likeness (QED) is 0.783. The first-order valence-electron chi connectivity index (χ1n) is 6.71. The fourth-order valence-electron chi connectivity index (χ4n) is 2.88. The van der Waals surface area contributed by atoms with E-state index in [2.05, 4.69) is 5.10 Å². The number of para-hydroxylation sites is 1. The summed E-state index contributed by atoms with van der Waals surface area (Å²) in [5.74, 6) is -0.333. The minimum Gasteiger partial charge on any atom is -0.477 e. The molecule has 0 amide bonds. The van der Waals surface area contributed by atoms with Gasteiger partial charge in [-0.25, -0.2) is 9.48 Å². The van der Waals surface area contributed by atoms with Crippen molar-refractivity contribution in [3.05, 3.63) is 41.7 Å². The first-order chi connectivity index (χ1) is 10.2. The highest BCUT2D eigenvalue weighted by atomic mass is 16.5. The summed E-state index contributed by atoms with van der Waals surface area (Å²) in [5.41, 5.74) is 2.52. The molecule has 0 saturated carbocycles. The highest BCUT2D eigenvalue weighted by Gasteiger charge is 2.27. The minimum atomic E-state index is -0.969. The van der Waals surface area contributed by atoms with Crippen molar-refractivity contribution in [3.8, 4) is 11.6 Å². The first kappa shape index (κ1) is 12.0. The fourth-order valence-corrected chi connectivity index (χ4v) is 2.88. The third-order valence-electron chi connectivity index (χ3n) is 3.75. The molecule has 0 saturated heterocycles. The van der Waals surface area contributed by atoms with E-state index in [4.69, 9.17) is 4.74 Å². The molecule has 3 aromatic rings. The Morgan fingerprint density at radius 3 is 3.00 bits per heavy atom. The lowest BCUT2D eigenvalue weighted by Crippen LogP contribution is -2.08. The summed E-state index contributed by atoms with van der Waals surface area (Å²) in [6.45, 7) is 3.12. The second kappa shape index (κ2) is 4.12. The Bertz CT molecular complexity index is 876. The van der Waals surface area contributed by atoms with E-state index < -0.39 is 5.97 Å². The predicted molar refractivity (Wildman–Crippen MR) is 76.3 cm³/mol. The van der Waals surface area contributed by atoms with E-state index >= 15 is 0 Å². The summed E-state index contributed by atoms with van der Waals surface area (Å²) >= 11 is 0. The van der Waals surface area contributed by atoms with Gasteiger partial charge in [-0.2, -0.15) is 5.10 Å². The van der Waals surface area contributed by atoms with Gasteiger partial charge in [0.1, 0.15) is 18.0 Å². The molecule has 1 N–H and O–H groups in total. The maximum Gasteiger partial charge on any atom is 0.352 e. The number of fused-ring (bicyclic) bond motifs is 2. The van der Waals surface area contributed by atoms with Gasteiger partial charge in [0, 0.05) is 5.39 Å². The van der Waals surface area contributed by atoms with Crippen molar-refractivity contribution >= 4 is 16.9 Å². The SMILES string of the molecule is Cc1nn2c(c1-n1c(C(=O)O)cc3ccccc31)OCC2. The molecule has 0 fully saturated rings. The van der Waals surface area contributed by atoms with Crippen LogP contribution in [0.3, 0.4) is 0 Å². The molecule has 6 heteroatoms.